The average molecular weight is 386 g/mol. The van der Waals surface area contributed by atoms with Crippen LogP contribution in [0.4, 0.5) is 5.95 Å². The monoisotopic (exact) mass is 385 g/mol. The Hall–Kier alpha value is -2.18. The second-order valence-electron chi connectivity index (χ2n) is 5.59. The molecule has 1 aromatic heterocycles. The van der Waals surface area contributed by atoms with Crippen LogP contribution in [0.1, 0.15) is 11.7 Å². The SMILES string of the molecule is Brc1ccccc1C1CN(c2noc(-c3ccccc3)n2)CCO1. The Bertz CT molecular complexity index is 822. The van der Waals surface area contributed by atoms with Crippen molar-refractivity contribution in [1.29, 1.82) is 0 Å². The second kappa shape index (κ2) is 6.75. The minimum atomic E-state index is -0.0204. The first-order chi connectivity index (χ1) is 11.8. The van der Waals surface area contributed by atoms with Crippen LogP contribution in [0, 0.1) is 0 Å². The third-order valence-corrected chi connectivity index (χ3v) is 4.76. The van der Waals surface area contributed by atoms with E-state index in [9.17, 15) is 0 Å². The van der Waals surface area contributed by atoms with Gasteiger partial charge < -0.3 is 14.2 Å². The molecule has 1 saturated heterocycles. The van der Waals surface area contributed by atoms with Gasteiger partial charge in [0.1, 0.15) is 6.10 Å². The van der Waals surface area contributed by atoms with Crippen molar-refractivity contribution < 1.29 is 9.26 Å². The first-order valence-electron chi connectivity index (χ1n) is 7.81. The third kappa shape index (κ3) is 3.07. The molecule has 0 saturated carbocycles. The molecule has 6 heteroatoms. The predicted molar refractivity (Wildman–Crippen MR) is 94.8 cm³/mol. The molecule has 1 atom stereocenters. The topological polar surface area (TPSA) is 51.4 Å². The normalized spacial score (nSPS) is 17.9. The van der Waals surface area contributed by atoms with Gasteiger partial charge in [-0.1, -0.05) is 52.3 Å². The van der Waals surface area contributed by atoms with Crippen LogP contribution in [0.15, 0.2) is 63.6 Å². The highest BCUT2D eigenvalue weighted by molar-refractivity contribution is 9.10. The molecule has 0 bridgehead atoms. The highest BCUT2D eigenvalue weighted by Crippen LogP contribution is 2.30. The first kappa shape index (κ1) is 15.4. The summed E-state index contributed by atoms with van der Waals surface area (Å²) in [5.41, 5.74) is 2.06. The Labute approximate surface area is 148 Å². The quantitative estimate of drug-likeness (QED) is 0.679. The Morgan fingerprint density at radius 2 is 1.83 bits per heavy atom. The predicted octanol–water partition coefficient (Wildman–Crippen LogP) is 4.08. The van der Waals surface area contributed by atoms with Gasteiger partial charge in [-0.3, -0.25) is 0 Å². The van der Waals surface area contributed by atoms with Gasteiger partial charge in [0.15, 0.2) is 0 Å². The highest BCUT2D eigenvalue weighted by atomic mass is 79.9. The van der Waals surface area contributed by atoms with Crippen LogP contribution in [0.2, 0.25) is 0 Å². The maximum atomic E-state index is 5.93. The molecule has 2 aromatic carbocycles. The highest BCUT2D eigenvalue weighted by Gasteiger charge is 2.26. The molecule has 0 aliphatic carbocycles. The minimum Gasteiger partial charge on any atom is -0.370 e. The zero-order valence-corrected chi connectivity index (χ0v) is 14.5. The number of nitrogens with zero attached hydrogens (tertiary/aromatic N) is 3. The fourth-order valence-electron chi connectivity index (χ4n) is 2.80. The Morgan fingerprint density at radius 3 is 2.67 bits per heavy atom. The summed E-state index contributed by atoms with van der Waals surface area (Å²) >= 11 is 3.59. The first-order valence-corrected chi connectivity index (χ1v) is 8.60. The molecule has 0 radical (unpaired) electrons. The molecule has 122 valence electrons. The molecule has 1 unspecified atom stereocenters. The molecule has 4 rings (SSSR count). The van der Waals surface area contributed by atoms with Gasteiger partial charge in [0.2, 0.25) is 0 Å². The zero-order chi connectivity index (χ0) is 16.4. The summed E-state index contributed by atoms with van der Waals surface area (Å²) in [6.07, 6.45) is -0.0204. The van der Waals surface area contributed by atoms with E-state index in [1.165, 1.54) is 0 Å². The number of benzene rings is 2. The molecule has 3 aromatic rings. The van der Waals surface area contributed by atoms with Crippen LogP contribution in [0.5, 0.6) is 0 Å². The van der Waals surface area contributed by atoms with Gasteiger partial charge in [0, 0.05) is 16.6 Å². The number of morpholine rings is 1. The molecular formula is C18H16BrN3O2. The Kier molecular flexibility index (Phi) is 4.32. The maximum Gasteiger partial charge on any atom is 0.266 e. The van der Waals surface area contributed by atoms with E-state index in [0.717, 1.165) is 22.1 Å². The Balaban J connectivity index is 1.55. The molecule has 1 aliphatic rings. The smallest absolute Gasteiger partial charge is 0.266 e. The van der Waals surface area contributed by atoms with Crippen molar-refractivity contribution in [3.05, 3.63) is 64.6 Å². The van der Waals surface area contributed by atoms with E-state index < -0.39 is 0 Å². The molecule has 5 nitrogen and oxygen atoms in total. The number of anilines is 1. The van der Waals surface area contributed by atoms with Crippen molar-refractivity contribution in [2.75, 3.05) is 24.6 Å². The van der Waals surface area contributed by atoms with Crippen LogP contribution in [-0.4, -0.2) is 29.8 Å². The number of ether oxygens (including phenoxy) is 1. The number of aromatic nitrogens is 2. The van der Waals surface area contributed by atoms with Gasteiger partial charge in [-0.25, -0.2) is 0 Å². The average Bonchev–Trinajstić information content (AvgIpc) is 3.13. The van der Waals surface area contributed by atoms with E-state index in [1.807, 2.05) is 48.5 Å². The molecule has 0 spiro atoms. The lowest BCUT2D eigenvalue weighted by molar-refractivity contribution is 0.0386. The Morgan fingerprint density at radius 1 is 1.04 bits per heavy atom. The van der Waals surface area contributed by atoms with Gasteiger partial charge in [-0.15, -0.1) is 0 Å². The summed E-state index contributed by atoms with van der Waals surface area (Å²) in [4.78, 5) is 6.64. The van der Waals surface area contributed by atoms with Crippen molar-refractivity contribution in [2.45, 2.75) is 6.10 Å². The van der Waals surface area contributed by atoms with E-state index in [4.69, 9.17) is 9.26 Å². The van der Waals surface area contributed by atoms with Gasteiger partial charge in [0.25, 0.3) is 11.8 Å². The second-order valence-corrected chi connectivity index (χ2v) is 6.45. The lowest BCUT2D eigenvalue weighted by atomic mass is 10.1. The van der Waals surface area contributed by atoms with Crippen molar-refractivity contribution in [3.63, 3.8) is 0 Å². The van der Waals surface area contributed by atoms with Crippen molar-refractivity contribution in [2.24, 2.45) is 0 Å². The van der Waals surface area contributed by atoms with Crippen LogP contribution >= 0.6 is 15.9 Å². The summed E-state index contributed by atoms with van der Waals surface area (Å²) in [7, 11) is 0. The van der Waals surface area contributed by atoms with E-state index in [1.54, 1.807) is 0 Å². The van der Waals surface area contributed by atoms with Crippen LogP contribution in [-0.2, 0) is 4.74 Å². The fourth-order valence-corrected chi connectivity index (χ4v) is 3.34. The summed E-state index contributed by atoms with van der Waals surface area (Å²) in [6.45, 7) is 2.06. The zero-order valence-electron chi connectivity index (χ0n) is 12.9. The number of halogens is 1. The van der Waals surface area contributed by atoms with Crippen molar-refractivity contribution in [1.82, 2.24) is 10.1 Å². The number of rotatable bonds is 3. The maximum absolute atomic E-state index is 5.93. The number of hydrogen-bond acceptors (Lipinski definition) is 5. The third-order valence-electron chi connectivity index (χ3n) is 4.04. The molecule has 0 N–H and O–H groups in total. The van der Waals surface area contributed by atoms with Crippen LogP contribution in [0.25, 0.3) is 11.5 Å². The molecule has 24 heavy (non-hydrogen) atoms. The van der Waals surface area contributed by atoms with Gasteiger partial charge in [0.05, 0.1) is 13.2 Å². The molecule has 2 heterocycles. The summed E-state index contributed by atoms with van der Waals surface area (Å²) in [5.74, 6) is 1.14. The lowest BCUT2D eigenvalue weighted by Crippen LogP contribution is -2.39. The van der Waals surface area contributed by atoms with Gasteiger partial charge >= 0.3 is 0 Å². The summed E-state index contributed by atoms with van der Waals surface area (Å²) < 4.78 is 12.4. The standard InChI is InChI=1S/C18H16BrN3O2/c19-15-9-5-4-8-14(15)16-12-22(10-11-23-16)18-20-17(24-21-18)13-6-2-1-3-7-13/h1-9,16H,10-12H2. The molecular weight excluding hydrogens is 370 g/mol. The lowest BCUT2D eigenvalue weighted by Gasteiger charge is -2.32. The fraction of sp³-hybridized carbons (Fsp3) is 0.222. The summed E-state index contributed by atoms with van der Waals surface area (Å²) in [5, 5.41) is 4.14. The van der Waals surface area contributed by atoms with Gasteiger partial charge in [-0.05, 0) is 28.9 Å². The van der Waals surface area contributed by atoms with Crippen LogP contribution in [0.3, 0.4) is 0 Å². The van der Waals surface area contributed by atoms with Crippen molar-refractivity contribution in [3.8, 4) is 11.5 Å². The van der Waals surface area contributed by atoms with E-state index in [-0.39, 0.29) is 6.10 Å². The largest absolute Gasteiger partial charge is 0.370 e. The molecule has 0 amide bonds. The minimum absolute atomic E-state index is 0.0204. The molecule has 1 aliphatic heterocycles. The van der Waals surface area contributed by atoms with E-state index in [2.05, 4.69) is 37.0 Å². The van der Waals surface area contributed by atoms with Gasteiger partial charge in [-0.2, -0.15) is 4.98 Å². The van der Waals surface area contributed by atoms with Crippen molar-refractivity contribution >= 4 is 21.9 Å². The molecule has 1 fully saturated rings. The van der Waals surface area contributed by atoms with Crippen LogP contribution < -0.4 is 4.90 Å². The van der Waals surface area contributed by atoms with E-state index in [0.29, 0.717) is 25.0 Å². The number of hydrogen-bond donors (Lipinski definition) is 0. The summed E-state index contributed by atoms with van der Waals surface area (Å²) in [6, 6.07) is 17.9. The van der Waals surface area contributed by atoms with E-state index >= 15 is 0 Å².